The van der Waals surface area contributed by atoms with Crippen molar-refractivity contribution in [2.45, 2.75) is 26.4 Å². The summed E-state index contributed by atoms with van der Waals surface area (Å²) in [5, 5.41) is 9.18. The Morgan fingerprint density at radius 2 is 2.19 bits per heavy atom. The molecule has 0 radical (unpaired) electrons. The van der Waals surface area contributed by atoms with Gasteiger partial charge in [-0.1, -0.05) is 38.1 Å². The molecule has 1 aromatic carbocycles. The lowest BCUT2D eigenvalue weighted by atomic mass is 10.1. The van der Waals surface area contributed by atoms with E-state index in [-0.39, 0.29) is 6.61 Å². The maximum absolute atomic E-state index is 11.2. The molecular formula is C13H16O3. The van der Waals surface area contributed by atoms with Gasteiger partial charge in [0.05, 0.1) is 6.61 Å². The summed E-state index contributed by atoms with van der Waals surface area (Å²) in [5.74, 6) is -0.0324. The minimum absolute atomic E-state index is 0.142. The van der Waals surface area contributed by atoms with Crippen LogP contribution in [0.25, 0.3) is 0 Å². The summed E-state index contributed by atoms with van der Waals surface area (Å²) in [6.45, 7) is 5.26. The van der Waals surface area contributed by atoms with Gasteiger partial charge in [0.1, 0.15) is 5.75 Å². The second-order valence-corrected chi connectivity index (χ2v) is 3.44. The summed E-state index contributed by atoms with van der Waals surface area (Å²) in [6, 6.07) is 5.49. The molecule has 0 atom stereocenters. The lowest BCUT2D eigenvalue weighted by Gasteiger charge is -2.12. The topological polar surface area (TPSA) is 46.5 Å². The van der Waals surface area contributed by atoms with Gasteiger partial charge in [0.2, 0.25) is 0 Å². The Hall–Kier alpha value is -1.61. The lowest BCUT2D eigenvalue weighted by molar-refractivity contribution is -0.129. The molecule has 0 saturated carbocycles. The fraction of sp³-hybridized carbons (Fsp3) is 0.308. The van der Waals surface area contributed by atoms with E-state index < -0.39 is 5.97 Å². The van der Waals surface area contributed by atoms with Crippen LogP contribution in [0.4, 0.5) is 0 Å². The van der Waals surface area contributed by atoms with Gasteiger partial charge in [-0.2, -0.15) is 0 Å². The van der Waals surface area contributed by atoms with Crippen LogP contribution in [0.1, 0.15) is 24.5 Å². The van der Waals surface area contributed by atoms with E-state index >= 15 is 0 Å². The van der Waals surface area contributed by atoms with Gasteiger partial charge in [-0.15, -0.1) is 0 Å². The molecule has 16 heavy (non-hydrogen) atoms. The molecule has 1 aromatic rings. The van der Waals surface area contributed by atoms with Crippen LogP contribution in [0.2, 0.25) is 0 Å². The van der Waals surface area contributed by atoms with Crippen LogP contribution in [0, 0.1) is 0 Å². The van der Waals surface area contributed by atoms with Gasteiger partial charge in [-0.05, 0) is 12.0 Å². The number of rotatable bonds is 5. The quantitative estimate of drug-likeness (QED) is 0.470. The fourth-order valence-electron chi connectivity index (χ4n) is 1.50. The molecule has 0 spiro atoms. The molecule has 0 saturated heterocycles. The summed E-state index contributed by atoms with van der Waals surface area (Å²) >= 11 is 0. The SMILES string of the molecule is C=CC(=O)Oc1c(CO)cccc1CCC. The predicted octanol–water partition coefficient (Wildman–Crippen LogP) is 2.22. The van der Waals surface area contributed by atoms with E-state index in [0.29, 0.717) is 11.3 Å². The number of hydrogen-bond donors (Lipinski definition) is 1. The first kappa shape index (κ1) is 12.5. The molecule has 0 aliphatic heterocycles. The number of benzene rings is 1. The van der Waals surface area contributed by atoms with E-state index in [1.807, 2.05) is 19.1 Å². The average molecular weight is 220 g/mol. The molecule has 0 unspecified atom stereocenters. The normalized spacial score (nSPS) is 9.88. The summed E-state index contributed by atoms with van der Waals surface area (Å²) in [4.78, 5) is 11.2. The molecular weight excluding hydrogens is 204 g/mol. The van der Waals surface area contributed by atoms with Gasteiger partial charge in [0, 0.05) is 11.6 Å². The Kier molecular flexibility index (Phi) is 4.73. The molecule has 3 heteroatoms. The summed E-state index contributed by atoms with van der Waals surface area (Å²) in [7, 11) is 0. The van der Waals surface area contributed by atoms with E-state index in [9.17, 15) is 9.90 Å². The smallest absolute Gasteiger partial charge is 0.335 e. The molecule has 86 valence electrons. The Morgan fingerprint density at radius 3 is 2.75 bits per heavy atom. The summed E-state index contributed by atoms with van der Waals surface area (Å²) in [5.41, 5.74) is 1.56. The second-order valence-electron chi connectivity index (χ2n) is 3.44. The second kappa shape index (κ2) is 6.08. The number of ether oxygens (including phenoxy) is 1. The van der Waals surface area contributed by atoms with E-state index in [2.05, 4.69) is 6.58 Å². The molecule has 0 aliphatic rings. The molecule has 3 nitrogen and oxygen atoms in total. The lowest BCUT2D eigenvalue weighted by Crippen LogP contribution is -2.08. The highest BCUT2D eigenvalue weighted by Crippen LogP contribution is 2.25. The van der Waals surface area contributed by atoms with Crippen LogP contribution in [-0.4, -0.2) is 11.1 Å². The Labute approximate surface area is 95.4 Å². The van der Waals surface area contributed by atoms with E-state index in [1.54, 1.807) is 6.07 Å². The van der Waals surface area contributed by atoms with Crippen molar-refractivity contribution in [1.82, 2.24) is 0 Å². The maximum atomic E-state index is 11.2. The molecule has 0 fully saturated rings. The van der Waals surface area contributed by atoms with Crippen molar-refractivity contribution in [3.05, 3.63) is 42.0 Å². The average Bonchev–Trinajstić information content (AvgIpc) is 2.31. The monoisotopic (exact) mass is 220 g/mol. The van der Waals surface area contributed by atoms with Crippen molar-refractivity contribution >= 4 is 5.97 Å². The van der Waals surface area contributed by atoms with Gasteiger partial charge >= 0.3 is 5.97 Å². The van der Waals surface area contributed by atoms with Gasteiger partial charge in [0.15, 0.2) is 0 Å². The predicted molar refractivity (Wildman–Crippen MR) is 62.2 cm³/mol. The number of aliphatic hydroxyl groups is 1. The third-order valence-corrected chi connectivity index (χ3v) is 2.24. The largest absolute Gasteiger partial charge is 0.423 e. The van der Waals surface area contributed by atoms with Crippen molar-refractivity contribution in [2.24, 2.45) is 0 Å². The molecule has 0 aromatic heterocycles. The zero-order valence-electron chi connectivity index (χ0n) is 9.40. The molecule has 0 heterocycles. The van der Waals surface area contributed by atoms with Gasteiger partial charge in [0.25, 0.3) is 0 Å². The van der Waals surface area contributed by atoms with Crippen LogP contribution < -0.4 is 4.74 Å². The highest BCUT2D eigenvalue weighted by atomic mass is 16.5. The number of esters is 1. The zero-order chi connectivity index (χ0) is 12.0. The van der Waals surface area contributed by atoms with Crippen molar-refractivity contribution < 1.29 is 14.6 Å². The standard InChI is InChI=1S/C13H16O3/c1-3-6-10-7-5-8-11(9-14)13(10)16-12(15)4-2/h4-5,7-8,14H,2-3,6,9H2,1H3. The van der Waals surface area contributed by atoms with Crippen molar-refractivity contribution in [2.75, 3.05) is 0 Å². The number of hydrogen-bond acceptors (Lipinski definition) is 3. The highest BCUT2D eigenvalue weighted by Gasteiger charge is 2.11. The van der Waals surface area contributed by atoms with Crippen LogP contribution >= 0.6 is 0 Å². The van der Waals surface area contributed by atoms with Crippen LogP contribution in [0.3, 0.4) is 0 Å². The summed E-state index contributed by atoms with van der Waals surface area (Å²) < 4.78 is 5.15. The van der Waals surface area contributed by atoms with Crippen molar-refractivity contribution in [3.8, 4) is 5.75 Å². The molecule has 0 bridgehead atoms. The fourth-order valence-corrected chi connectivity index (χ4v) is 1.50. The van der Waals surface area contributed by atoms with E-state index in [4.69, 9.17) is 4.74 Å². The van der Waals surface area contributed by atoms with Gasteiger partial charge in [-0.25, -0.2) is 4.79 Å². The Morgan fingerprint density at radius 1 is 1.50 bits per heavy atom. The number of para-hydroxylation sites is 1. The van der Waals surface area contributed by atoms with Crippen molar-refractivity contribution in [3.63, 3.8) is 0 Å². The highest BCUT2D eigenvalue weighted by molar-refractivity contribution is 5.83. The van der Waals surface area contributed by atoms with E-state index in [1.165, 1.54) is 0 Å². The molecule has 0 aliphatic carbocycles. The molecule has 1 rings (SSSR count). The maximum Gasteiger partial charge on any atom is 0.335 e. The van der Waals surface area contributed by atoms with Crippen molar-refractivity contribution in [1.29, 1.82) is 0 Å². The Balaban J connectivity index is 3.08. The Bertz CT molecular complexity index is 383. The summed E-state index contributed by atoms with van der Waals surface area (Å²) in [6.07, 6.45) is 2.88. The first-order chi connectivity index (χ1) is 7.72. The van der Waals surface area contributed by atoms with Gasteiger partial charge < -0.3 is 9.84 Å². The minimum atomic E-state index is -0.502. The first-order valence-corrected chi connectivity index (χ1v) is 5.28. The first-order valence-electron chi connectivity index (χ1n) is 5.28. The third-order valence-electron chi connectivity index (χ3n) is 2.24. The van der Waals surface area contributed by atoms with Crippen LogP contribution in [-0.2, 0) is 17.8 Å². The number of aryl methyl sites for hydroxylation is 1. The number of aliphatic hydroxyl groups excluding tert-OH is 1. The van der Waals surface area contributed by atoms with Crippen LogP contribution in [0.15, 0.2) is 30.9 Å². The minimum Gasteiger partial charge on any atom is -0.423 e. The van der Waals surface area contributed by atoms with Gasteiger partial charge in [-0.3, -0.25) is 0 Å². The molecule has 1 N–H and O–H groups in total. The zero-order valence-corrected chi connectivity index (χ0v) is 9.40. The number of carbonyl (C=O) groups excluding carboxylic acids is 1. The third kappa shape index (κ3) is 2.94. The molecule has 0 amide bonds. The number of carbonyl (C=O) groups is 1. The van der Waals surface area contributed by atoms with E-state index in [0.717, 1.165) is 24.5 Å². The van der Waals surface area contributed by atoms with Crippen LogP contribution in [0.5, 0.6) is 5.75 Å².